The van der Waals surface area contributed by atoms with Crippen LogP contribution >= 0.6 is 0 Å². The van der Waals surface area contributed by atoms with Gasteiger partial charge in [-0.25, -0.2) is 4.39 Å². The summed E-state index contributed by atoms with van der Waals surface area (Å²) in [6.45, 7) is 8.57. The fraction of sp³-hybridized carbons (Fsp3) is 0.625. The molecular weight excluding hydrogens is 239 g/mol. The van der Waals surface area contributed by atoms with Crippen LogP contribution in [0.3, 0.4) is 0 Å². The molecule has 0 saturated carbocycles. The topological polar surface area (TPSA) is 15.3 Å². The molecule has 0 heterocycles. The molecule has 108 valence electrons. The second-order valence-electron chi connectivity index (χ2n) is 6.48. The molecule has 0 saturated heterocycles. The molecule has 19 heavy (non-hydrogen) atoms. The molecule has 0 bridgehead atoms. The van der Waals surface area contributed by atoms with Crippen molar-refractivity contribution in [3.05, 3.63) is 35.6 Å². The summed E-state index contributed by atoms with van der Waals surface area (Å²) in [7, 11) is 4.18. The lowest BCUT2D eigenvalue weighted by Crippen LogP contribution is -2.41. The number of nitrogens with one attached hydrogen (secondary N) is 1. The van der Waals surface area contributed by atoms with Gasteiger partial charge in [0.05, 0.1) is 0 Å². The lowest BCUT2D eigenvalue weighted by atomic mass is 9.92. The van der Waals surface area contributed by atoms with E-state index in [0.29, 0.717) is 0 Å². The number of hydrogen-bond acceptors (Lipinski definition) is 2. The molecule has 1 aromatic carbocycles. The van der Waals surface area contributed by atoms with Crippen LogP contribution in [0.4, 0.5) is 4.39 Å². The van der Waals surface area contributed by atoms with Gasteiger partial charge in [-0.1, -0.05) is 32.0 Å². The van der Waals surface area contributed by atoms with Gasteiger partial charge in [-0.2, -0.15) is 0 Å². The lowest BCUT2D eigenvalue weighted by molar-refractivity contribution is 0.226. The SMILES string of the molecule is CC(Cc1ccccc1F)NCC(C)(C)CN(C)C. The predicted octanol–water partition coefficient (Wildman–Crippen LogP) is 2.93. The van der Waals surface area contributed by atoms with Crippen molar-refractivity contribution in [2.75, 3.05) is 27.2 Å². The highest BCUT2D eigenvalue weighted by Gasteiger charge is 2.19. The van der Waals surface area contributed by atoms with Crippen molar-refractivity contribution in [1.82, 2.24) is 10.2 Å². The average Bonchev–Trinajstić information content (AvgIpc) is 2.28. The first kappa shape index (κ1) is 16.1. The van der Waals surface area contributed by atoms with Crippen LogP contribution < -0.4 is 5.32 Å². The Morgan fingerprint density at radius 1 is 1.26 bits per heavy atom. The normalized spacial score (nSPS) is 13.8. The van der Waals surface area contributed by atoms with Crippen molar-refractivity contribution in [2.24, 2.45) is 5.41 Å². The molecule has 1 aromatic rings. The molecule has 0 amide bonds. The molecule has 1 atom stereocenters. The van der Waals surface area contributed by atoms with E-state index in [1.54, 1.807) is 6.07 Å². The Hall–Kier alpha value is -0.930. The third-order valence-electron chi connectivity index (χ3n) is 3.16. The summed E-state index contributed by atoms with van der Waals surface area (Å²) in [6.07, 6.45) is 0.727. The largest absolute Gasteiger partial charge is 0.313 e. The van der Waals surface area contributed by atoms with Crippen molar-refractivity contribution < 1.29 is 4.39 Å². The molecule has 1 rings (SSSR count). The highest BCUT2D eigenvalue weighted by molar-refractivity contribution is 5.18. The fourth-order valence-electron chi connectivity index (χ4n) is 2.43. The lowest BCUT2D eigenvalue weighted by Gasteiger charge is -2.30. The zero-order valence-corrected chi connectivity index (χ0v) is 12.8. The zero-order valence-electron chi connectivity index (χ0n) is 12.8. The van der Waals surface area contributed by atoms with E-state index in [2.05, 4.69) is 45.1 Å². The van der Waals surface area contributed by atoms with Crippen molar-refractivity contribution >= 4 is 0 Å². The first-order chi connectivity index (χ1) is 8.80. The van der Waals surface area contributed by atoms with Crippen LogP contribution in [0.2, 0.25) is 0 Å². The van der Waals surface area contributed by atoms with E-state index in [1.165, 1.54) is 6.07 Å². The molecule has 0 fully saturated rings. The van der Waals surface area contributed by atoms with Gasteiger partial charge in [0.1, 0.15) is 5.82 Å². The molecule has 0 aliphatic carbocycles. The maximum atomic E-state index is 13.6. The van der Waals surface area contributed by atoms with E-state index in [4.69, 9.17) is 0 Å². The second kappa shape index (κ2) is 7.01. The smallest absolute Gasteiger partial charge is 0.126 e. The molecule has 3 heteroatoms. The Morgan fingerprint density at radius 2 is 1.89 bits per heavy atom. The minimum absolute atomic E-state index is 0.108. The van der Waals surface area contributed by atoms with E-state index >= 15 is 0 Å². The molecule has 0 aromatic heterocycles. The molecule has 0 aliphatic rings. The van der Waals surface area contributed by atoms with Crippen LogP contribution in [-0.2, 0) is 6.42 Å². The number of hydrogen-bond donors (Lipinski definition) is 1. The van der Waals surface area contributed by atoms with E-state index in [0.717, 1.165) is 25.1 Å². The van der Waals surface area contributed by atoms with Crippen molar-refractivity contribution in [3.63, 3.8) is 0 Å². The Bertz CT molecular complexity index is 388. The van der Waals surface area contributed by atoms with Crippen LogP contribution in [-0.4, -0.2) is 38.1 Å². The monoisotopic (exact) mass is 266 g/mol. The van der Waals surface area contributed by atoms with Gasteiger partial charge in [0.2, 0.25) is 0 Å². The Kier molecular flexibility index (Phi) is 5.95. The first-order valence-corrected chi connectivity index (χ1v) is 6.92. The van der Waals surface area contributed by atoms with Crippen LogP contribution in [0.1, 0.15) is 26.3 Å². The Morgan fingerprint density at radius 3 is 2.47 bits per heavy atom. The summed E-state index contributed by atoms with van der Waals surface area (Å²) in [5.41, 5.74) is 1.00. The summed E-state index contributed by atoms with van der Waals surface area (Å²) in [4.78, 5) is 2.20. The number of benzene rings is 1. The summed E-state index contributed by atoms with van der Waals surface area (Å²) in [5, 5.41) is 3.51. The summed E-state index contributed by atoms with van der Waals surface area (Å²) in [5.74, 6) is -0.108. The van der Waals surface area contributed by atoms with Gasteiger partial charge in [-0.15, -0.1) is 0 Å². The number of nitrogens with zero attached hydrogens (tertiary/aromatic N) is 1. The van der Waals surface area contributed by atoms with Crippen molar-refractivity contribution in [3.8, 4) is 0 Å². The quantitative estimate of drug-likeness (QED) is 0.816. The first-order valence-electron chi connectivity index (χ1n) is 6.92. The molecular formula is C16H27FN2. The van der Waals surface area contributed by atoms with E-state index in [9.17, 15) is 4.39 Å². The van der Waals surface area contributed by atoms with E-state index in [-0.39, 0.29) is 17.3 Å². The zero-order chi connectivity index (χ0) is 14.5. The van der Waals surface area contributed by atoms with Gasteiger partial charge in [-0.05, 0) is 44.5 Å². The molecule has 0 aliphatic heterocycles. The maximum Gasteiger partial charge on any atom is 0.126 e. The van der Waals surface area contributed by atoms with Gasteiger partial charge in [0.15, 0.2) is 0 Å². The van der Waals surface area contributed by atoms with Gasteiger partial charge in [0.25, 0.3) is 0 Å². The standard InChI is InChI=1S/C16H27FN2/c1-13(10-14-8-6-7-9-15(14)17)18-11-16(2,3)12-19(4)5/h6-9,13,18H,10-12H2,1-5H3. The maximum absolute atomic E-state index is 13.6. The molecule has 1 unspecified atom stereocenters. The average molecular weight is 266 g/mol. The van der Waals surface area contributed by atoms with Gasteiger partial charge in [0, 0.05) is 19.1 Å². The minimum Gasteiger partial charge on any atom is -0.313 e. The van der Waals surface area contributed by atoms with Crippen LogP contribution in [0.25, 0.3) is 0 Å². The summed E-state index contributed by atoms with van der Waals surface area (Å²) < 4.78 is 13.6. The van der Waals surface area contributed by atoms with Gasteiger partial charge >= 0.3 is 0 Å². The summed E-state index contributed by atoms with van der Waals surface area (Å²) >= 11 is 0. The number of rotatable bonds is 7. The third-order valence-corrected chi connectivity index (χ3v) is 3.16. The number of halogens is 1. The van der Waals surface area contributed by atoms with Crippen LogP contribution in [0, 0.1) is 11.2 Å². The highest BCUT2D eigenvalue weighted by Crippen LogP contribution is 2.15. The minimum atomic E-state index is -0.108. The van der Waals surface area contributed by atoms with Gasteiger partial charge in [-0.3, -0.25) is 0 Å². The van der Waals surface area contributed by atoms with Crippen LogP contribution in [0.15, 0.2) is 24.3 Å². The van der Waals surface area contributed by atoms with Crippen LogP contribution in [0.5, 0.6) is 0 Å². The predicted molar refractivity (Wildman–Crippen MR) is 79.9 cm³/mol. The Balaban J connectivity index is 2.44. The second-order valence-corrected chi connectivity index (χ2v) is 6.48. The molecule has 0 spiro atoms. The molecule has 0 radical (unpaired) electrons. The molecule has 2 nitrogen and oxygen atoms in total. The third kappa shape index (κ3) is 6.17. The summed E-state index contributed by atoms with van der Waals surface area (Å²) in [6, 6.07) is 7.28. The van der Waals surface area contributed by atoms with Crippen molar-refractivity contribution in [2.45, 2.75) is 33.2 Å². The Labute approximate surface area is 117 Å². The highest BCUT2D eigenvalue weighted by atomic mass is 19.1. The van der Waals surface area contributed by atoms with E-state index in [1.807, 2.05) is 12.1 Å². The van der Waals surface area contributed by atoms with Crippen molar-refractivity contribution in [1.29, 1.82) is 0 Å². The van der Waals surface area contributed by atoms with Gasteiger partial charge < -0.3 is 10.2 Å². The van der Waals surface area contributed by atoms with E-state index < -0.39 is 0 Å². The fourth-order valence-corrected chi connectivity index (χ4v) is 2.43. The molecule has 1 N–H and O–H groups in total.